The molecule has 1 atom stereocenters. The Morgan fingerprint density at radius 2 is 1.91 bits per heavy atom. The zero-order chi connectivity index (χ0) is 22.5. The molecular weight excluding hydrogens is 422 g/mol. The Morgan fingerprint density at radius 3 is 2.59 bits per heavy atom. The Morgan fingerprint density at radius 1 is 1.09 bits per heavy atom. The largest absolute Gasteiger partial charge is 0.497 e. The zero-order valence-corrected chi connectivity index (χ0v) is 19.1. The summed E-state index contributed by atoms with van der Waals surface area (Å²) in [4.78, 5) is 14.3. The lowest BCUT2D eigenvalue weighted by Gasteiger charge is -2.18. The van der Waals surface area contributed by atoms with Crippen molar-refractivity contribution in [1.82, 2.24) is 15.1 Å². The van der Waals surface area contributed by atoms with Crippen LogP contribution in [0.1, 0.15) is 34.5 Å². The highest BCUT2D eigenvalue weighted by Crippen LogP contribution is 2.31. The molecule has 0 saturated carbocycles. The fourth-order valence-electron chi connectivity index (χ4n) is 3.56. The summed E-state index contributed by atoms with van der Waals surface area (Å²) in [6.45, 7) is 2.51. The quantitative estimate of drug-likeness (QED) is 0.405. The van der Waals surface area contributed by atoms with Crippen LogP contribution in [-0.2, 0) is 6.54 Å². The minimum atomic E-state index is -0.291. The Kier molecular flexibility index (Phi) is 6.56. The Balaban J connectivity index is 1.63. The van der Waals surface area contributed by atoms with E-state index in [1.54, 1.807) is 25.6 Å². The van der Waals surface area contributed by atoms with Gasteiger partial charge >= 0.3 is 0 Å². The molecule has 0 aliphatic carbocycles. The minimum absolute atomic E-state index is 0.190. The molecule has 164 valence electrons. The van der Waals surface area contributed by atoms with Crippen LogP contribution in [0.5, 0.6) is 11.5 Å². The van der Waals surface area contributed by atoms with E-state index in [0.717, 1.165) is 16.0 Å². The number of amides is 1. The summed E-state index contributed by atoms with van der Waals surface area (Å²) in [6, 6.07) is 19.3. The number of nitrogens with zero attached hydrogens (tertiary/aromatic N) is 2. The van der Waals surface area contributed by atoms with Gasteiger partial charge in [0.2, 0.25) is 0 Å². The van der Waals surface area contributed by atoms with Crippen molar-refractivity contribution in [3.63, 3.8) is 0 Å². The maximum atomic E-state index is 13.3. The second kappa shape index (κ2) is 9.70. The van der Waals surface area contributed by atoms with Crippen molar-refractivity contribution in [2.24, 2.45) is 0 Å². The molecule has 0 unspecified atom stereocenters. The molecule has 0 bridgehead atoms. The maximum absolute atomic E-state index is 13.3. The van der Waals surface area contributed by atoms with E-state index >= 15 is 0 Å². The standard InChI is InChI=1S/C25H25N3O3S/c1-17(20-14-19(30-2)11-12-22(20)31-3)26-25(29)21-16-28(15-18-8-5-4-6-9-18)27-24(21)23-10-7-13-32-23/h4-14,16-17H,15H2,1-3H3,(H,26,29)/t17-/m1/s1. The molecule has 0 saturated heterocycles. The first-order valence-corrected chi connectivity index (χ1v) is 11.1. The number of rotatable bonds is 8. The normalized spacial score (nSPS) is 11.7. The van der Waals surface area contributed by atoms with Crippen LogP contribution in [0.4, 0.5) is 0 Å². The Hall–Kier alpha value is -3.58. The van der Waals surface area contributed by atoms with Crippen LogP contribution in [0.3, 0.4) is 0 Å². The van der Waals surface area contributed by atoms with Crippen molar-refractivity contribution in [3.05, 3.63) is 88.9 Å². The summed E-state index contributed by atoms with van der Waals surface area (Å²) in [5.41, 5.74) is 3.18. The molecule has 1 N–H and O–H groups in total. The van der Waals surface area contributed by atoms with Crippen LogP contribution >= 0.6 is 11.3 Å². The topological polar surface area (TPSA) is 65.4 Å². The predicted octanol–water partition coefficient (Wildman–Crippen LogP) is 5.17. The van der Waals surface area contributed by atoms with Gasteiger partial charge in [0.25, 0.3) is 5.91 Å². The van der Waals surface area contributed by atoms with Crippen molar-refractivity contribution < 1.29 is 14.3 Å². The number of thiophene rings is 1. The lowest BCUT2D eigenvalue weighted by atomic mass is 10.1. The van der Waals surface area contributed by atoms with Crippen LogP contribution in [0.15, 0.2) is 72.2 Å². The molecule has 0 aliphatic heterocycles. The lowest BCUT2D eigenvalue weighted by molar-refractivity contribution is 0.0940. The molecule has 6 nitrogen and oxygen atoms in total. The van der Waals surface area contributed by atoms with E-state index in [4.69, 9.17) is 14.6 Å². The number of benzene rings is 2. The average Bonchev–Trinajstić information content (AvgIpc) is 3.49. The summed E-state index contributed by atoms with van der Waals surface area (Å²) >= 11 is 1.56. The summed E-state index contributed by atoms with van der Waals surface area (Å²) in [5.74, 6) is 1.21. The molecule has 2 aromatic carbocycles. The molecule has 0 spiro atoms. The zero-order valence-electron chi connectivity index (χ0n) is 18.2. The SMILES string of the molecule is COc1ccc(OC)c([C@@H](C)NC(=O)c2cn(Cc3ccccc3)nc2-c2cccs2)c1. The second-order valence-electron chi connectivity index (χ2n) is 7.35. The van der Waals surface area contributed by atoms with Gasteiger partial charge in [-0.25, -0.2) is 0 Å². The van der Waals surface area contributed by atoms with Gasteiger partial charge in [0.1, 0.15) is 17.2 Å². The minimum Gasteiger partial charge on any atom is -0.497 e. The van der Waals surface area contributed by atoms with Crippen molar-refractivity contribution >= 4 is 17.2 Å². The number of carbonyl (C=O) groups excluding carboxylic acids is 1. The molecule has 32 heavy (non-hydrogen) atoms. The van der Waals surface area contributed by atoms with Crippen molar-refractivity contribution in [1.29, 1.82) is 0 Å². The van der Waals surface area contributed by atoms with Gasteiger partial charge in [0, 0.05) is 11.8 Å². The number of hydrogen-bond donors (Lipinski definition) is 1. The Bertz CT molecular complexity index is 1190. The molecular formula is C25H25N3O3S. The van der Waals surface area contributed by atoms with Crippen LogP contribution < -0.4 is 14.8 Å². The molecule has 0 radical (unpaired) electrons. The monoisotopic (exact) mass is 447 g/mol. The van der Waals surface area contributed by atoms with E-state index in [1.165, 1.54) is 0 Å². The molecule has 2 heterocycles. The van der Waals surface area contributed by atoms with E-state index in [0.29, 0.717) is 29.3 Å². The molecule has 4 aromatic rings. The number of nitrogens with one attached hydrogen (secondary N) is 1. The highest BCUT2D eigenvalue weighted by molar-refractivity contribution is 7.13. The average molecular weight is 448 g/mol. The second-order valence-corrected chi connectivity index (χ2v) is 8.30. The van der Waals surface area contributed by atoms with Crippen LogP contribution in [0.25, 0.3) is 10.6 Å². The lowest BCUT2D eigenvalue weighted by Crippen LogP contribution is -2.27. The number of hydrogen-bond acceptors (Lipinski definition) is 5. The third-order valence-electron chi connectivity index (χ3n) is 5.20. The number of aromatic nitrogens is 2. The van der Waals surface area contributed by atoms with Gasteiger partial charge in [-0.1, -0.05) is 36.4 Å². The van der Waals surface area contributed by atoms with Crippen LogP contribution in [0.2, 0.25) is 0 Å². The molecule has 0 fully saturated rings. The molecule has 4 rings (SSSR count). The first kappa shape index (κ1) is 21.6. The van der Waals surface area contributed by atoms with Crippen molar-refractivity contribution in [2.75, 3.05) is 14.2 Å². The third-order valence-corrected chi connectivity index (χ3v) is 6.08. The van der Waals surface area contributed by atoms with Crippen LogP contribution in [0, 0.1) is 0 Å². The summed E-state index contributed by atoms with van der Waals surface area (Å²) in [6.07, 6.45) is 1.81. The highest BCUT2D eigenvalue weighted by atomic mass is 32.1. The van der Waals surface area contributed by atoms with E-state index in [-0.39, 0.29) is 11.9 Å². The van der Waals surface area contributed by atoms with Gasteiger partial charge in [0.05, 0.1) is 37.2 Å². The maximum Gasteiger partial charge on any atom is 0.255 e. The van der Waals surface area contributed by atoms with Gasteiger partial charge in [-0.15, -0.1) is 11.3 Å². The summed E-state index contributed by atoms with van der Waals surface area (Å²) in [5, 5.41) is 9.81. The molecule has 0 aliphatic rings. The first-order chi connectivity index (χ1) is 15.6. The highest BCUT2D eigenvalue weighted by Gasteiger charge is 2.22. The Labute approximate surface area is 191 Å². The van der Waals surface area contributed by atoms with Gasteiger partial charge in [-0.3, -0.25) is 9.48 Å². The van der Waals surface area contributed by atoms with E-state index in [2.05, 4.69) is 5.32 Å². The fourth-order valence-corrected chi connectivity index (χ4v) is 4.29. The van der Waals surface area contributed by atoms with Crippen molar-refractivity contribution in [2.45, 2.75) is 19.5 Å². The number of carbonyl (C=O) groups is 1. The number of ether oxygens (including phenoxy) is 2. The summed E-state index contributed by atoms with van der Waals surface area (Å²) in [7, 11) is 3.23. The van der Waals surface area contributed by atoms with E-state index < -0.39 is 0 Å². The van der Waals surface area contributed by atoms with E-state index in [9.17, 15) is 4.79 Å². The predicted molar refractivity (Wildman–Crippen MR) is 127 cm³/mol. The number of methoxy groups -OCH3 is 2. The van der Waals surface area contributed by atoms with E-state index in [1.807, 2.05) is 83.8 Å². The van der Waals surface area contributed by atoms with Gasteiger partial charge in [-0.2, -0.15) is 5.10 Å². The first-order valence-electron chi connectivity index (χ1n) is 10.3. The summed E-state index contributed by atoms with van der Waals surface area (Å²) < 4.78 is 12.6. The molecule has 7 heteroatoms. The van der Waals surface area contributed by atoms with Gasteiger partial charge in [-0.05, 0) is 42.1 Å². The van der Waals surface area contributed by atoms with Gasteiger partial charge in [0.15, 0.2) is 0 Å². The smallest absolute Gasteiger partial charge is 0.255 e. The van der Waals surface area contributed by atoms with Gasteiger partial charge < -0.3 is 14.8 Å². The van der Waals surface area contributed by atoms with Crippen molar-refractivity contribution in [3.8, 4) is 22.1 Å². The van der Waals surface area contributed by atoms with Crippen LogP contribution in [-0.4, -0.2) is 29.9 Å². The fraction of sp³-hybridized carbons (Fsp3) is 0.200. The molecule has 2 aromatic heterocycles. The molecule has 1 amide bonds. The third kappa shape index (κ3) is 4.68.